The van der Waals surface area contributed by atoms with Crippen LogP contribution < -0.4 is 5.73 Å². The summed E-state index contributed by atoms with van der Waals surface area (Å²) in [5.41, 5.74) is 9.69. The molecule has 0 heterocycles. The fourth-order valence-electron chi connectivity index (χ4n) is 2.19. The maximum absolute atomic E-state index is 6.27. The van der Waals surface area contributed by atoms with Crippen LogP contribution in [0.3, 0.4) is 0 Å². The molecule has 2 aromatic rings. The van der Waals surface area contributed by atoms with Gasteiger partial charge in [0.15, 0.2) is 0 Å². The van der Waals surface area contributed by atoms with Crippen LogP contribution in [0, 0.1) is 0 Å². The van der Waals surface area contributed by atoms with Crippen molar-refractivity contribution in [2.45, 2.75) is 32.2 Å². The summed E-state index contributed by atoms with van der Waals surface area (Å²) in [6.45, 7) is 4.36. The normalized spacial score (nSPS) is 12.7. The monoisotopic (exact) mass is 307 g/mol. The number of nitrogens with two attached hydrogens (primary N) is 1. The van der Waals surface area contributed by atoms with Crippen molar-refractivity contribution < 1.29 is 0 Å². The highest BCUT2D eigenvalue weighted by Gasteiger charge is 2.11. The molecule has 2 N–H and O–H groups in total. The predicted molar refractivity (Wildman–Crippen MR) is 87.6 cm³/mol. The standard InChI is InChI=1S/C17H19Cl2N/c1-11(2)12-6-8-13(9-7-12)16(20)10-14-4-3-5-15(18)17(14)19/h3-9,11,16H,10,20H2,1-2H3. The van der Waals surface area contributed by atoms with Gasteiger partial charge in [-0.2, -0.15) is 0 Å². The smallest absolute Gasteiger partial charge is 0.0624 e. The van der Waals surface area contributed by atoms with Crippen LogP contribution in [0.1, 0.15) is 42.5 Å². The molecule has 0 saturated carbocycles. The van der Waals surface area contributed by atoms with Crippen LogP contribution in [0.4, 0.5) is 0 Å². The first kappa shape index (κ1) is 15.4. The van der Waals surface area contributed by atoms with E-state index in [9.17, 15) is 0 Å². The van der Waals surface area contributed by atoms with E-state index in [0.717, 1.165) is 11.1 Å². The summed E-state index contributed by atoms with van der Waals surface area (Å²) in [6.07, 6.45) is 0.681. The van der Waals surface area contributed by atoms with Crippen LogP contribution in [-0.2, 0) is 6.42 Å². The summed E-state index contributed by atoms with van der Waals surface area (Å²) in [5.74, 6) is 0.530. The Morgan fingerprint density at radius 1 is 0.950 bits per heavy atom. The van der Waals surface area contributed by atoms with Crippen LogP contribution in [0.25, 0.3) is 0 Å². The van der Waals surface area contributed by atoms with Crippen molar-refractivity contribution >= 4 is 23.2 Å². The Balaban J connectivity index is 2.15. The lowest BCUT2D eigenvalue weighted by Crippen LogP contribution is -2.13. The molecular formula is C17H19Cl2N. The van der Waals surface area contributed by atoms with Crippen molar-refractivity contribution in [3.05, 3.63) is 69.2 Å². The Kier molecular flexibility index (Phi) is 5.09. The van der Waals surface area contributed by atoms with Crippen LogP contribution in [-0.4, -0.2) is 0 Å². The van der Waals surface area contributed by atoms with Crippen LogP contribution in [0.5, 0.6) is 0 Å². The van der Waals surface area contributed by atoms with Crippen LogP contribution in [0.15, 0.2) is 42.5 Å². The lowest BCUT2D eigenvalue weighted by Gasteiger charge is -2.15. The summed E-state index contributed by atoms with van der Waals surface area (Å²) in [7, 11) is 0. The first-order chi connectivity index (χ1) is 9.49. The van der Waals surface area contributed by atoms with Gasteiger partial charge in [-0.15, -0.1) is 0 Å². The molecule has 0 radical (unpaired) electrons. The second kappa shape index (κ2) is 6.62. The number of hydrogen-bond acceptors (Lipinski definition) is 1. The minimum atomic E-state index is -0.0767. The molecule has 0 aliphatic heterocycles. The van der Waals surface area contributed by atoms with Gasteiger partial charge < -0.3 is 5.73 Å². The van der Waals surface area contributed by atoms with Gasteiger partial charge in [0.25, 0.3) is 0 Å². The molecule has 0 aromatic heterocycles. The lowest BCUT2D eigenvalue weighted by atomic mass is 9.96. The van der Waals surface area contributed by atoms with Gasteiger partial charge in [0.2, 0.25) is 0 Å². The van der Waals surface area contributed by atoms with E-state index in [0.29, 0.717) is 22.4 Å². The molecule has 1 atom stereocenters. The Hall–Kier alpha value is -1.02. The Labute approximate surface area is 130 Å². The molecular weight excluding hydrogens is 289 g/mol. The Bertz CT molecular complexity index is 576. The predicted octanol–water partition coefficient (Wildman–Crippen LogP) is 5.36. The maximum Gasteiger partial charge on any atom is 0.0624 e. The molecule has 2 aromatic carbocycles. The van der Waals surface area contributed by atoms with E-state index >= 15 is 0 Å². The van der Waals surface area contributed by atoms with Crippen molar-refractivity contribution in [1.29, 1.82) is 0 Å². The van der Waals surface area contributed by atoms with Gasteiger partial charge in [0, 0.05) is 6.04 Å². The second-order valence-corrected chi connectivity index (χ2v) is 6.13. The minimum absolute atomic E-state index is 0.0767. The van der Waals surface area contributed by atoms with Gasteiger partial charge in [-0.25, -0.2) is 0 Å². The molecule has 0 saturated heterocycles. The first-order valence-corrected chi connectivity index (χ1v) is 7.53. The topological polar surface area (TPSA) is 26.0 Å². The number of rotatable bonds is 4. The third-order valence-electron chi connectivity index (χ3n) is 3.50. The van der Waals surface area contributed by atoms with E-state index in [1.807, 2.05) is 12.1 Å². The molecule has 0 bridgehead atoms. The van der Waals surface area contributed by atoms with Gasteiger partial charge >= 0.3 is 0 Å². The highest BCUT2D eigenvalue weighted by atomic mass is 35.5. The molecule has 20 heavy (non-hydrogen) atoms. The van der Waals surface area contributed by atoms with E-state index in [-0.39, 0.29) is 6.04 Å². The highest BCUT2D eigenvalue weighted by Crippen LogP contribution is 2.28. The van der Waals surface area contributed by atoms with E-state index in [1.54, 1.807) is 6.07 Å². The fourth-order valence-corrected chi connectivity index (χ4v) is 2.59. The molecule has 0 amide bonds. The molecule has 106 valence electrons. The van der Waals surface area contributed by atoms with Crippen molar-refractivity contribution in [1.82, 2.24) is 0 Å². The number of benzene rings is 2. The summed E-state index contributed by atoms with van der Waals surface area (Å²) in [5, 5.41) is 1.18. The van der Waals surface area contributed by atoms with Crippen LogP contribution >= 0.6 is 23.2 Å². The number of halogens is 2. The van der Waals surface area contributed by atoms with Crippen LogP contribution in [0.2, 0.25) is 10.0 Å². The van der Waals surface area contributed by atoms with Gasteiger partial charge in [-0.1, -0.05) is 73.4 Å². The first-order valence-electron chi connectivity index (χ1n) is 6.77. The number of hydrogen-bond donors (Lipinski definition) is 1. The van der Waals surface area contributed by atoms with E-state index < -0.39 is 0 Å². The quantitative estimate of drug-likeness (QED) is 0.808. The molecule has 0 aliphatic rings. The van der Waals surface area contributed by atoms with E-state index in [1.165, 1.54) is 5.56 Å². The maximum atomic E-state index is 6.27. The highest BCUT2D eigenvalue weighted by molar-refractivity contribution is 6.42. The van der Waals surface area contributed by atoms with Gasteiger partial charge in [-0.3, -0.25) is 0 Å². The van der Waals surface area contributed by atoms with Crippen molar-refractivity contribution in [3.63, 3.8) is 0 Å². The van der Waals surface area contributed by atoms with Crippen molar-refractivity contribution in [2.75, 3.05) is 0 Å². The zero-order chi connectivity index (χ0) is 14.7. The minimum Gasteiger partial charge on any atom is -0.324 e. The fraction of sp³-hybridized carbons (Fsp3) is 0.294. The molecule has 1 unspecified atom stereocenters. The molecule has 1 nitrogen and oxygen atoms in total. The second-order valence-electron chi connectivity index (χ2n) is 5.34. The third kappa shape index (κ3) is 3.54. The van der Waals surface area contributed by atoms with E-state index in [4.69, 9.17) is 28.9 Å². The van der Waals surface area contributed by atoms with Crippen molar-refractivity contribution in [3.8, 4) is 0 Å². The summed E-state index contributed by atoms with van der Waals surface area (Å²) >= 11 is 12.2. The SMILES string of the molecule is CC(C)c1ccc(C(N)Cc2cccc(Cl)c2Cl)cc1. The lowest BCUT2D eigenvalue weighted by molar-refractivity contribution is 0.720. The van der Waals surface area contributed by atoms with E-state index in [2.05, 4.69) is 38.1 Å². The largest absolute Gasteiger partial charge is 0.324 e. The molecule has 3 heteroatoms. The Morgan fingerprint density at radius 3 is 2.15 bits per heavy atom. The summed E-state index contributed by atoms with van der Waals surface area (Å²) in [4.78, 5) is 0. The summed E-state index contributed by atoms with van der Waals surface area (Å²) in [6, 6.07) is 14.0. The zero-order valence-corrected chi connectivity index (χ0v) is 13.2. The Morgan fingerprint density at radius 2 is 1.55 bits per heavy atom. The van der Waals surface area contributed by atoms with Gasteiger partial charge in [0.1, 0.15) is 0 Å². The van der Waals surface area contributed by atoms with Gasteiger partial charge in [-0.05, 0) is 35.1 Å². The van der Waals surface area contributed by atoms with Crippen molar-refractivity contribution in [2.24, 2.45) is 5.73 Å². The average molecular weight is 308 g/mol. The van der Waals surface area contributed by atoms with Gasteiger partial charge in [0.05, 0.1) is 10.0 Å². The molecule has 0 spiro atoms. The third-order valence-corrected chi connectivity index (χ3v) is 4.36. The molecule has 2 rings (SSSR count). The summed E-state index contributed by atoms with van der Waals surface area (Å²) < 4.78 is 0. The zero-order valence-electron chi connectivity index (χ0n) is 11.7. The average Bonchev–Trinajstić information content (AvgIpc) is 2.44. The molecule has 0 fully saturated rings. The molecule has 0 aliphatic carbocycles.